The smallest absolute Gasteiger partial charge is 0.410 e. The molecule has 2 heterocycles. The van der Waals surface area contributed by atoms with E-state index in [2.05, 4.69) is 18.7 Å². The maximum atomic E-state index is 11.7. The second-order valence-corrected chi connectivity index (χ2v) is 5.63. The van der Waals surface area contributed by atoms with Crippen LogP contribution in [0, 0.1) is 0 Å². The van der Waals surface area contributed by atoms with E-state index in [0.29, 0.717) is 25.2 Å². The van der Waals surface area contributed by atoms with Crippen molar-refractivity contribution in [3.05, 3.63) is 0 Å². The number of carbonyl (C=O) groups excluding carboxylic acids is 1. The Balaban J connectivity index is 1.93. The van der Waals surface area contributed by atoms with Crippen LogP contribution in [0.5, 0.6) is 0 Å². The fraction of sp³-hybridized carbons (Fsp3) is 0.923. The minimum absolute atomic E-state index is 0.117. The lowest BCUT2D eigenvalue weighted by atomic mass is 10.00. The Morgan fingerprint density at radius 3 is 2.83 bits per heavy atom. The van der Waals surface area contributed by atoms with Crippen LogP contribution in [0.2, 0.25) is 0 Å². The van der Waals surface area contributed by atoms with Crippen LogP contribution in [0.25, 0.3) is 0 Å². The summed E-state index contributed by atoms with van der Waals surface area (Å²) in [4.78, 5) is 16.1. The van der Waals surface area contributed by atoms with E-state index < -0.39 is 0 Å². The molecule has 0 saturated carbocycles. The van der Waals surface area contributed by atoms with Gasteiger partial charge in [-0.2, -0.15) is 0 Å². The summed E-state index contributed by atoms with van der Waals surface area (Å²) in [5.41, 5.74) is 5.55. The van der Waals surface area contributed by atoms with Gasteiger partial charge in [-0.05, 0) is 33.2 Å². The number of likely N-dealkylation sites (tertiary alicyclic amines) is 1. The van der Waals surface area contributed by atoms with E-state index in [4.69, 9.17) is 10.5 Å². The SMILES string of the molecule is CC(C)N1CCCCC1CN1C[C@H](CN)OC1=O. The summed E-state index contributed by atoms with van der Waals surface area (Å²) in [6, 6.07) is 1.02. The molecular weight excluding hydrogens is 230 g/mol. The van der Waals surface area contributed by atoms with Crippen LogP contribution in [0.3, 0.4) is 0 Å². The predicted molar refractivity (Wildman–Crippen MR) is 70.4 cm³/mol. The minimum Gasteiger partial charge on any atom is -0.443 e. The summed E-state index contributed by atoms with van der Waals surface area (Å²) < 4.78 is 5.20. The molecule has 0 spiro atoms. The molecule has 2 aliphatic heterocycles. The molecule has 18 heavy (non-hydrogen) atoms. The predicted octanol–water partition coefficient (Wildman–Crippen LogP) is 1.03. The maximum Gasteiger partial charge on any atom is 0.410 e. The van der Waals surface area contributed by atoms with Crippen molar-refractivity contribution in [2.24, 2.45) is 5.73 Å². The molecule has 0 bridgehead atoms. The fourth-order valence-corrected chi connectivity index (χ4v) is 3.00. The topological polar surface area (TPSA) is 58.8 Å². The summed E-state index contributed by atoms with van der Waals surface area (Å²) in [6.07, 6.45) is 3.39. The molecule has 1 unspecified atom stereocenters. The van der Waals surface area contributed by atoms with Crippen molar-refractivity contribution in [1.82, 2.24) is 9.80 Å². The lowest BCUT2D eigenvalue weighted by molar-refractivity contribution is 0.0859. The van der Waals surface area contributed by atoms with Gasteiger partial charge in [0.25, 0.3) is 0 Å². The molecule has 2 aliphatic rings. The zero-order valence-corrected chi connectivity index (χ0v) is 11.5. The third-order valence-corrected chi connectivity index (χ3v) is 3.98. The van der Waals surface area contributed by atoms with Crippen molar-refractivity contribution in [3.63, 3.8) is 0 Å². The molecule has 2 rings (SSSR count). The first-order valence-corrected chi connectivity index (χ1v) is 7.03. The highest BCUT2D eigenvalue weighted by atomic mass is 16.6. The Hall–Kier alpha value is -0.810. The zero-order chi connectivity index (χ0) is 13.1. The number of piperidine rings is 1. The first-order chi connectivity index (χ1) is 8.61. The highest BCUT2D eigenvalue weighted by Crippen LogP contribution is 2.22. The molecule has 2 saturated heterocycles. The Kier molecular flexibility index (Phi) is 4.45. The van der Waals surface area contributed by atoms with Gasteiger partial charge in [0.2, 0.25) is 0 Å². The molecule has 104 valence electrons. The van der Waals surface area contributed by atoms with E-state index in [9.17, 15) is 4.79 Å². The van der Waals surface area contributed by atoms with Gasteiger partial charge in [-0.3, -0.25) is 4.90 Å². The number of ether oxygens (including phenoxy) is 1. The van der Waals surface area contributed by atoms with Crippen LogP contribution >= 0.6 is 0 Å². The van der Waals surface area contributed by atoms with E-state index in [0.717, 1.165) is 13.1 Å². The van der Waals surface area contributed by atoms with Crippen molar-refractivity contribution in [2.75, 3.05) is 26.2 Å². The highest BCUT2D eigenvalue weighted by Gasteiger charge is 2.34. The van der Waals surface area contributed by atoms with E-state index in [1.54, 1.807) is 0 Å². The average Bonchev–Trinajstić information content (AvgIpc) is 2.71. The van der Waals surface area contributed by atoms with E-state index in [1.165, 1.54) is 19.3 Å². The van der Waals surface area contributed by atoms with Crippen molar-refractivity contribution in [1.29, 1.82) is 0 Å². The van der Waals surface area contributed by atoms with Crippen molar-refractivity contribution >= 4 is 6.09 Å². The quantitative estimate of drug-likeness (QED) is 0.815. The first kappa shape index (κ1) is 13.6. The van der Waals surface area contributed by atoms with Gasteiger partial charge in [-0.25, -0.2) is 4.79 Å². The summed E-state index contributed by atoms with van der Waals surface area (Å²) in [7, 11) is 0. The summed E-state index contributed by atoms with van der Waals surface area (Å²) in [5.74, 6) is 0. The Morgan fingerprint density at radius 1 is 1.44 bits per heavy atom. The van der Waals surface area contributed by atoms with E-state index >= 15 is 0 Å². The largest absolute Gasteiger partial charge is 0.443 e. The molecule has 0 radical (unpaired) electrons. The standard InChI is InChI=1S/C13H25N3O2/c1-10(2)16-6-4-3-5-11(16)8-15-9-12(7-14)18-13(15)17/h10-12H,3-9,14H2,1-2H3/t11?,12-/m0/s1. The third kappa shape index (κ3) is 2.95. The normalized spacial score (nSPS) is 30.0. The van der Waals surface area contributed by atoms with Crippen molar-refractivity contribution in [3.8, 4) is 0 Å². The Morgan fingerprint density at radius 2 is 2.22 bits per heavy atom. The second-order valence-electron chi connectivity index (χ2n) is 5.63. The molecule has 2 N–H and O–H groups in total. The van der Waals surface area contributed by atoms with Gasteiger partial charge < -0.3 is 15.4 Å². The van der Waals surface area contributed by atoms with Crippen LogP contribution in [0.4, 0.5) is 4.79 Å². The highest BCUT2D eigenvalue weighted by molar-refractivity contribution is 5.70. The van der Waals surface area contributed by atoms with Gasteiger partial charge in [0, 0.05) is 25.2 Å². The molecule has 5 heteroatoms. The average molecular weight is 255 g/mol. The zero-order valence-electron chi connectivity index (χ0n) is 11.5. The number of carbonyl (C=O) groups is 1. The van der Waals surface area contributed by atoms with Gasteiger partial charge in [0.1, 0.15) is 6.10 Å². The number of nitrogens with two attached hydrogens (primary N) is 1. The summed E-state index contributed by atoms with van der Waals surface area (Å²) in [6.45, 7) is 7.45. The number of rotatable bonds is 4. The van der Waals surface area contributed by atoms with Crippen molar-refractivity contribution < 1.29 is 9.53 Å². The molecule has 2 fully saturated rings. The fourth-order valence-electron chi connectivity index (χ4n) is 3.00. The number of hydrogen-bond donors (Lipinski definition) is 1. The number of cyclic esters (lactones) is 1. The molecule has 2 atom stereocenters. The van der Waals surface area contributed by atoms with Crippen LogP contribution in [0.1, 0.15) is 33.1 Å². The van der Waals surface area contributed by atoms with Crippen LogP contribution in [-0.4, -0.2) is 60.3 Å². The lowest BCUT2D eigenvalue weighted by Gasteiger charge is -2.39. The summed E-state index contributed by atoms with van der Waals surface area (Å²) >= 11 is 0. The Labute approximate surface area is 109 Å². The van der Waals surface area contributed by atoms with Crippen LogP contribution < -0.4 is 5.73 Å². The van der Waals surface area contributed by atoms with Gasteiger partial charge in [-0.15, -0.1) is 0 Å². The molecule has 0 aromatic heterocycles. The first-order valence-electron chi connectivity index (χ1n) is 7.03. The third-order valence-electron chi connectivity index (χ3n) is 3.98. The molecule has 0 aromatic rings. The lowest BCUT2D eigenvalue weighted by Crippen LogP contribution is -2.50. The number of nitrogens with zero attached hydrogens (tertiary/aromatic N) is 2. The van der Waals surface area contributed by atoms with Crippen molar-refractivity contribution in [2.45, 2.75) is 51.3 Å². The molecule has 1 amide bonds. The second kappa shape index (κ2) is 5.89. The summed E-state index contributed by atoms with van der Waals surface area (Å²) in [5, 5.41) is 0. The monoisotopic (exact) mass is 255 g/mol. The van der Waals surface area contributed by atoms with Gasteiger partial charge in [0.15, 0.2) is 0 Å². The maximum absolute atomic E-state index is 11.7. The van der Waals surface area contributed by atoms with Gasteiger partial charge in [-0.1, -0.05) is 6.42 Å². The van der Waals surface area contributed by atoms with Gasteiger partial charge >= 0.3 is 6.09 Å². The van der Waals surface area contributed by atoms with Gasteiger partial charge in [0.05, 0.1) is 6.54 Å². The number of amides is 1. The Bertz CT molecular complexity index is 296. The minimum atomic E-state index is -0.195. The number of hydrogen-bond acceptors (Lipinski definition) is 4. The molecular formula is C13H25N3O2. The van der Waals surface area contributed by atoms with E-state index in [-0.39, 0.29) is 12.2 Å². The van der Waals surface area contributed by atoms with Crippen LogP contribution in [0.15, 0.2) is 0 Å². The van der Waals surface area contributed by atoms with E-state index in [1.807, 2.05) is 4.90 Å². The van der Waals surface area contributed by atoms with Crippen LogP contribution in [-0.2, 0) is 4.74 Å². The molecule has 5 nitrogen and oxygen atoms in total. The molecule has 0 aliphatic carbocycles. The molecule has 0 aromatic carbocycles.